The molecule has 2 aliphatic heterocycles. The number of hydrogen-bond acceptors (Lipinski definition) is 4. The molecule has 2 aromatic carbocycles. The first-order valence-electron chi connectivity index (χ1n) is 10.5. The first-order valence-corrected chi connectivity index (χ1v) is 10.5. The lowest BCUT2D eigenvalue weighted by atomic mass is 9.85. The van der Waals surface area contributed by atoms with Crippen molar-refractivity contribution in [1.29, 1.82) is 0 Å². The number of carbonyl (C=O) groups excluding carboxylic acids is 2. The summed E-state index contributed by atoms with van der Waals surface area (Å²) in [6, 6.07) is 16.0. The predicted octanol–water partition coefficient (Wildman–Crippen LogP) is 2.76. The lowest BCUT2D eigenvalue weighted by Crippen LogP contribution is -2.52. The molecule has 3 amide bonds. The molecule has 1 atom stereocenters. The number of amides is 3. The quantitative estimate of drug-likeness (QED) is 0.773. The molecule has 6 nitrogen and oxygen atoms in total. The van der Waals surface area contributed by atoms with Crippen LogP contribution in [0.4, 0.5) is 14.9 Å². The first kappa shape index (κ1) is 19.1. The summed E-state index contributed by atoms with van der Waals surface area (Å²) in [7, 11) is 0. The second kappa shape index (κ2) is 7.40. The van der Waals surface area contributed by atoms with Gasteiger partial charge < -0.3 is 10.2 Å². The number of benzene rings is 2. The maximum absolute atomic E-state index is 14.1. The van der Waals surface area contributed by atoms with Crippen LogP contribution in [-0.4, -0.2) is 54.6 Å². The smallest absolute Gasteiger partial charge is 0.326 e. The summed E-state index contributed by atoms with van der Waals surface area (Å²) in [5, 5.41) is 3.03. The summed E-state index contributed by atoms with van der Waals surface area (Å²) in [6.45, 7) is 2.88. The van der Waals surface area contributed by atoms with E-state index in [0.717, 1.165) is 18.4 Å². The van der Waals surface area contributed by atoms with E-state index in [1.807, 2.05) is 41.3 Å². The third-order valence-corrected chi connectivity index (χ3v) is 6.46. The van der Waals surface area contributed by atoms with Gasteiger partial charge in [-0.05, 0) is 36.5 Å². The lowest BCUT2D eigenvalue weighted by Gasteiger charge is -2.37. The Bertz CT molecular complexity index is 957. The topological polar surface area (TPSA) is 55.9 Å². The molecular weight excluding hydrogens is 383 g/mol. The number of para-hydroxylation sites is 1. The van der Waals surface area contributed by atoms with Gasteiger partial charge in [0.2, 0.25) is 0 Å². The lowest BCUT2D eigenvalue weighted by molar-refractivity contribution is -0.134. The molecule has 3 fully saturated rings. The van der Waals surface area contributed by atoms with E-state index in [1.54, 1.807) is 12.1 Å². The molecule has 1 N–H and O–H groups in total. The van der Waals surface area contributed by atoms with Crippen LogP contribution in [0.25, 0.3) is 0 Å². The van der Waals surface area contributed by atoms with Crippen LogP contribution in [0.15, 0.2) is 54.6 Å². The van der Waals surface area contributed by atoms with Crippen LogP contribution < -0.4 is 10.2 Å². The molecule has 1 saturated carbocycles. The van der Waals surface area contributed by atoms with E-state index in [1.165, 1.54) is 11.0 Å². The van der Waals surface area contributed by atoms with Gasteiger partial charge in [0.15, 0.2) is 0 Å². The van der Waals surface area contributed by atoms with Crippen molar-refractivity contribution in [2.24, 2.45) is 5.92 Å². The van der Waals surface area contributed by atoms with E-state index in [0.29, 0.717) is 31.9 Å². The van der Waals surface area contributed by atoms with Crippen molar-refractivity contribution in [2.75, 3.05) is 37.7 Å². The summed E-state index contributed by atoms with van der Waals surface area (Å²) < 4.78 is 14.1. The Labute approximate surface area is 175 Å². The van der Waals surface area contributed by atoms with Crippen LogP contribution >= 0.6 is 0 Å². The Morgan fingerprint density at radius 1 is 0.933 bits per heavy atom. The predicted molar refractivity (Wildman–Crippen MR) is 111 cm³/mol. The van der Waals surface area contributed by atoms with Crippen LogP contribution in [0.2, 0.25) is 0 Å². The van der Waals surface area contributed by atoms with Crippen LogP contribution in [0.1, 0.15) is 18.4 Å². The second-order valence-electron chi connectivity index (χ2n) is 8.31. The third-order valence-electron chi connectivity index (χ3n) is 6.46. The van der Waals surface area contributed by atoms with Gasteiger partial charge in [-0.1, -0.05) is 42.5 Å². The summed E-state index contributed by atoms with van der Waals surface area (Å²) in [5.74, 6) is -0.228. The largest absolute Gasteiger partial charge is 0.367 e. The number of hydrogen-bond donors (Lipinski definition) is 1. The van der Waals surface area contributed by atoms with Crippen molar-refractivity contribution in [2.45, 2.75) is 18.4 Å². The van der Waals surface area contributed by atoms with Gasteiger partial charge >= 0.3 is 6.03 Å². The Hall–Kier alpha value is -2.93. The zero-order valence-electron chi connectivity index (χ0n) is 16.8. The Kier molecular flexibility index (Phi) is 4.70. The monoisotopic (exact) mass is 408 g/mol. The van der Waals surface area contributed by atoms with Gasteiger partial charge in [0.25, 0.3) is 5.91 Å². The molecule has 0 radical (unpaired) electrons. The van der Waals surface area contributed by atoms with Crippen LogP contribution in [0, 0.1) is 11.7 Å². The van der Waals surface area contributed by atoms with E-state index in [9.17, 15) is 14.0 Å². The zero-order chi connectivity index (χ0) is 20.7. The Balaban J connectivity index is 1.29. The SMILES string of the molecule is O=C1NC(c2ccccc2)(C2CC2)C(=O)N1CN1CCN(c2ccccc2F)CC1. The summed E-state index contributed by atoms with van der Waals surface area (Å²) in [6.07, 6.45) is 1.88. The number of urea groups is 1. The van der Waals surface area contributed by atoms with Crippen molar-refractivity contribution in [3.63, 3.8) is 0 Å². The average Bonchev–Trinajstić information content (AvgIpc) is 3.59. The number of carbonyl (C=O) groups is 2. The summed E-state index contributed by atoms with van der Waals surface area (Å²) >= 11 is 0. The van der Waals surface area contributed by atoms with E-state index in [2.05, 4.69) is 10.2 Å². The number of nitrogens with one attached hydrogen (secondary N) is 1. The fourth-order valence-corrected chi connectivity index (χ4v) is 4.69. The fraction of sp³-hybridized carbons (Fsp3) is 0.391. The minimum Gasteiger partial charge on any atom is -0.367 e. The first-order chi connectivity index (χ1) is 14.6. The number of rotatable bonds is 5. The highest BCUT2D eigenvalue weighted by atomic mass is 19.1. The van der Waals surface area contributed by atoms with Crippen molar-refractivity contribution in [3.8, 4) is 0 Å². The summed E-state index contributed by atoms with van der Waals surface area (Å²) in [5.41, 5.74) is 0.523. The molecule has 7 heteroatoms. The van der Waals surface area contributed by atoms with E-state index < -0.39 is 5.54 Å². The number of piperazine rings is 1. The minimum atomic E-state index is -0.937. The molecule has 2 aromatic rings. The molecular formula is C23H25FN4O2. The molecule has 2 heterocycles. The Morgan fingerprint density at radius 2 is 1.60 bits per heavy atom. The van der Waals surface area contributed by atoms with E-state index >= 15 is 0 Å². The maximum Gasteiger partial charge on any atom is 0.326 e. The van der Waals surface area contributed by atoms with Gasteiger partial charge in [0, 0.05) is 26.2 Å². The molecule has 0 spiro atoms. The van der Waals surface area contributed by atoms with Gasteiger partial charge in [-0.25, -0.2) is 14.1 Å². The molecule has 3 aliphatic rings. The molecule has 30 heavy (non-hydrogen) atoms. The van der Waals surface area contributed by atoms with Gasteiger partial charge in [-0.3, -0.25) is 9.69 Å². The van der Waals surface area contributed by atoms with Crippen LogP contribution in [-0.2, 0) is 10.3 Å². The highest BCUT2D eigenvalue weighted by Crippen LogP contribution is 2.48. The van der Waals surface area contributed by atoms with Gasteiger partial charge in [0.1, 0.15) is 11.4 Å². The zero-order valence-corrected chi connectivity index (χ0v) is 16.8. The number of imide groups is 1. The second-order valence-corrected chi connectivity index (χ2v) is 8.31. The molecule has 5 rings (SSSR count). The highest BCUT2D eigenvalue weighted by molar-refractivity contribution is 6.07. The minimum absolute atomic E-state index is 0.152. The van der Waals surface area contributed by atoms with Crippen molar-refractivity contribution < 1.29 is 14.0 Å². The number of anilines is 1. The molecule has 1 unspecified atom stereocenters. The Morgan fingerprint density at radius 3 is 2.27 bits per heavy atom. The third kappa shape index (κ3) is 3.13. The highest BCUT2D eigenvalue weighted by Gasteiger charge is 2.60. The van der Waals surface area contributed by atoms with Gasteiger partial charge in [-0.2, -0.15) is 0 Å². The molecule has 1 aliphatic carbocycles. The normalized spacial score (nSPS) is 25.0. The maximum atomic E-state index is 14.1. The van der Waals surface area contributed by atoms with Crippen molar-refractivity contribution in [3.05, 3.63) is 66.0 Å². The number of nitrogens with zero attached hydrogens (tertiary/aromatic N) is 3. The van der Waals surface area contributed by atoms with Crippen LogP contribution in [0.3, 0.4) is 0 Å². The average molecular weight is 408 g/mol. The summed E-state index contributed by atoms with van der Waals surface area (Å²) in [4.78, 5) is 31.7. The fourth-order valence-electron chi connectivity index (χ4n) is 4.69. The number of halogens is 1. The van der Waals surface area contributed by atoms with Gasteiger partial charge in [0.05, 0.1) is 12.4 Å². The van der Waals surface area contributed by atoms with E-state index in [4.69, 9.17) is 0 Å². The van der Waals surface area contributed by atoms with Crippen molar-refractivity contribution in [1.82, 2.24) is 15.1 Å². The van der Waals surface area contributed by atoms with Crippen LogP contribution in [0.5, 0.6) is 0 Å². The van der Waals surface area contributed by atoms with Gasteiger partial charge in [-0.15, -0.1) is 0 Å². The molecule has 2 saturated heterocycles. The van der Waals surface area contributed by atoms with E-state index in [-0.39, 0.29) is 30.3 Å². The standard InChI is InChI=1S/C23H25FN4O2/c24-19-8-4-5-9-20(19)27-14-12-26(13-15-27)16-28-21(29)23(18-10-11-18,25-22(28)30)17-6-2-1-3-7-17/h1-9,18H,10-16H2,(H,25,30). The van der Waals surface area contributed by atoms with Crippen molar-refractivity contribution >= 4 is 17.6 Å². The molecule has 156 valence electrons. The molecule has 0 aromatic heterocycles. The molecule has 0 bridgehead atoms.